The van der Waals surface area contributed by atoms with Crippen molar-refractivity contribution in [1.29, 1.82) is 0 Å². The van der Waals surface area contributed by atoms with E-state index < -0.39 is 0 Å². The molecule has 0 aliphatic rings. The average Bonchev–Trinajstić information content (AvgIpc) is 2.55. The normalized spacial score (nSPS) is 12.1. The second-order valence-corrected chi connectivity index (χ2v) is 5.11. The number of hydrogen-bond donors (Lipinski definition) is 2. The number of aliphatic hydroxyl groups excluding tert-OH is 1. The molecular formula is C18H23NO2. The quantitative estimate of drug-likeness (QED) is 0.783. The highest BCUT2D eigenvalue weighted by atomic mass is 16.5. The van der Waals surface area contributed by atoms with E-state index in [-0.39, 0.29) is 6.10 Å². The summed E-state index contributed by atoms with van der Waals surface area (Å²) < 4.78 is 5.75. The highest BCUT2D eigenvalue weighted by Gasteiger charge is 2.00. The van der Waals surface area contributed by atoms with Gasteiger partial charge in [0.2, 0.25) is 0 Å². The molecule has 2 aromatic rings. The van der Waals surface area contributed by atoms with Crippen LogP contribution < -0.4 is 10.1 Å². The van der Waals surface area contributed by atoms with Gasteiger partial charge in [0.25, 0.3) is 0 Å². The van der Waals surface area contributed by atoms with E-state index in [2.05, 4.69) is 17.4 Å². The van der Waals surface area contributed by atoms with Crippen molar-refractivity contribution in [3.8, 4) is 5.75 Å². The zero-order valence-electron chi connectivity index (χ0n) is 12.5. The molecule has 2 aromatic carbocycles. The van der Waals surface area contributed by atoms with E-state index in [9.17, 15) is 5.11 Å². The fourth-order valence-corrected chi connectivity index (χ4v) is 1.97. The summed E-state index contributed by atoms with van der Waals surface area (Å²) in [6, 6.07) is 18.2. The zero-order valence-corrected chi connectivity index (χ0v) is 12.5. The zero-order chi connectivity index (χ0) is 14.9. The van der Waals surface area contributed by atoms with Crippen LogP contribution in [-0.2, 0) is 13.2 Å². The molecule has 0 saturated heterocycles. The van der Waals surface area contributed by atoms with Crippen LogP contribution in [0.4, 0.5) is 0 Å². The first-order valence-electron chi connectivity index (χ1n) is 7.42. The summed E-state index contributed by atoms with van der Waals surface area (Å²) in [6.07, 6.45) is 0.512. The lowest BCUT2D eigenvalue weighted by Gasteiger charge is -2.10. The molecule has 0 aromatic heterocycles. The number of nitrogens with one attached hydrogen (secondary N) is 1. The molecule has 2 N–H and O–H groups in total. The van der Waals surface area contributed by atoms with Crippen LogP contribution in [-0.4, -0.2) is 17.8 Å². The molecule has 0 fully saturated rings. The predicted octanol–water partition coefficient (Wildman–Crippen LogP) is 3.13. The van der Waals surface area contributed by atoms with Crippen molar-refractivity contribution < 1.29 is 9.84 Å². The molecule has 2 rings (SSSR count). The SMILES string of the molecule is CCC(O)CNCc1ccc(OCc2ccccc2)cc1. The van der Waals surface area contributed by atoms with Gasteiger partial charge in [-0.15, -0.1) is 0 Å². The van der Waals surface area contributed by atoms with Crippen molar-refractivity contribution in [2.45, 2.75) is 32.6 Å². The molecule has 0 heterocycles. The van der Waals surface area contributed by atoms with E-state index >= 15 is 0 Å². The summed E-state index contributed by atoms with van der Waals surface area (Å²) >= 11 is 0. The van der Waals surface area contributed by atoms with Crippen LogP contribution in [0.25, 0.3) is 0 Å². The van der Waals surface area contributed by atoms with Crippen molar-refractivity contribution in [2.75, 3.05) is 6.54 Å². The van der Waals surface area contributed by atoms with Gasteiger partial charge >= 0.3 is 0 Å². The molecule has 0 saturated carbocycles. The van der Waals surface area contributed by atoms with Crippen LogP contribution in [0.5, 0.6) is 5.75 Å². The molecule has 0 aliphatic carbocycles. The van der Waals surface area contributed by atoms with Gasteiger partial charge in [0, 0.05) is 13.1 Å². The van der Waals surface area contributed by atoms with Gasteiger partial charge in [-0.3, -0.25) is 0 Å². The lowest BCUT2D eigenvalue weighted by atomic mass is 10.2. The lowest BCUT2D eigenvalue weighted by Crippen LogP contribution is -2.25. The van der Waals surface area contributed by atoms with E-state index in [0.29, 0.717) is 13.2 Å². The Bertz CT molecular complexity index is 511. The van der Waals surface area contributed by atoms with E-state index in [1.54, 1.807) is 0 Å². The number of hydrogen-bond acceptors (Lipinski definition) is 3. The Morgan fingerprint density at radius 3 is 2.38 bits per heavy atom. The Morgan fingerprint density at radius 2 is 1.71 bits per heavy atom. The van der Waals surface area contributed by atoms with Gasteiger partial charge < -0.3 is 15.2 Å². The number of aliphatic hydroxyl groups is 1. The maximum atomic E-state index is 9.48. The third-order valence-electron chi connectivity index (χ3n) is 3.35. The summed E-state index contributed by atoms with van der Waals surface area (Å²) in [4.78, 5) is 0. The van der Waals surface area contributed by atoms with Gasteiger partial charge in [-0.2, -0.15) is 0 Å². The highest BCUT2D eigenvalue weighted by Crippen LogP contribution is 2.14. The highest BCUT2D eigenvalue weighted by molar-refractivity contribution is 5.27. The molecule has 21 heavy (non-hydrogen) atoms. The fraction of sp³-hybridized carbons (Fsp3) is 0.333. The first-order chi connectivity index (χ1) is 10.3. The molecule has 0 spiro atoms. The van der Waals surface area contributed by atoms with Gasteiger partial charge in [-0.1, -0.05) is 49.4 Å². The predicted molar refractivity (Wildman–Crippen MR) is 85.2 cm³/mol. The van der Waals surface area contributed by atoms with Crippen molar-refractivity contribution in [2.24, 2.45) is 0 Å². The summed E-state index contributed by atoms with van der Waals surface area (Å²) in [6.45, 7) is 3.95. The summed E-state index contributed by atoms with van der Waals surface area (Å²) in [7, 11) is 0. The molecule has 3 heteroatoms. The first kappa shape index (κ1) is 15.5. The molecule has 3 nitrogen and oxygen atoms in total. The number of benzene rings is 2. The Balaban J connectivity index is 1.76. The third kappa shape index (κ3) is 5.58. The molecule has 112 valence electrons. The summed E-state index contributed by atoms with van der Waals surface area (Å²) in [5, 5.41) is 12.7. The minimum Gasteiger partial charge on any atom is -0.489 e. The second kappa shape index (κ2) is 8.45. The molecule has 0 bridgehead atoms. The Hall–Kier alpha value is -1.84. The third-order valence-corrected chi connectivity index (χ3v) is 3.35. The van der Waals surface area contributed by atoms with Crippen LogP contribution >= 0.6 is 0 Å². The Morgan fingerprint density at radius 1 is 1.00 bits per heavy atom. The second-order valence-electron chi connectivity index (χ2n) is 5.11. The van der Waals surface area contributed by atoms with Gasteiger partial charge in [-0.25, -0.2) is 0 Å². The average molecular weight is 285 g/mol. The first-order valence-corrected chi connectivity index (χ1v) is 7.42. The smallest absolute Gasteiger partial charge is 0.119 e. The van der Waals surface area contributed by atoms with Crippen LogP contribution in [0.2, 0.25) is 0 Å². The minimum absolute atomic E-state index is 0.265. The molecule has 1 atom stereocenters. The van der Waals surface area contributed by atoms with Crippen LogP contribution in [0.15, 0.2) is 54.6 Å². The van der Waals surface area contributed by atoms with E-state index in [4.69, 9.17) is 4.74 Å². The van der Waals surface area contributed by atoms with E-state index in [0.717, 1.165) is 24.3 Å². The van der Waals surface area contributed by atoms with Gasteiger partial charge in [0.1, 0.15) is 12.4 Å². The maximum absolute atomic E-state index is 9.48. The molecule has 0 amide bonds. The topological polar surface area (TPSA) is 41.5 Å². The molecule has 0 aliphatic heterocycles. The lowest BCUT2D eigenvalue weighted by molar-refractivity contribution is 0.167. The molecular weight excluding hydrogens is 262 g/mol. The van der Waals surface area contributed by atoms with Gasteiger partial charge in [-0.05, 0) is 29.7 Å². The molecule has 0 radical (unpaired) electrons. The van der Waals surface area contributed by atoms with Crippen LogP contribution in [0.3, 0.4) is 0 Å². The van der Waals surface area contributed by atoms with Crippen molar-refractivity contribution in [3.05, 3.63) is 65.7 Å². The number of ether oxygens (including phenoxy) is 1. The number of rotatable bonds is 8. The van der Waals surface area contributed by atoms with Crippen LogP contribution in [0, 0.1) is 0 Å². The van der Waals surface area contributed by atoms with Crippen molar-refractivity contribution in [1.82, 2.24) is 5.32 Å². The maximum Gasteiger partial charge on any atom is 0.119 e. The molecule has 1 unspecified atom stereocenters. The fourth-order valence-electron chi connectivity index (χ4n) is 1.97. The van der Waals surface area contributed by atoms with E-state index in [1.807, 2.05) is 49.4 Å². The standard InChI is InChI=1S/C18H23NO2/c1-2-17(20)13-19-12-15-8-10-18(11-9-15)21-14-16-6-4-3-5-7-16/h3-11,17,19-20H,2,12-14H2,1H3. The van der Waals surface area contributed by atoms with Gasteiger partial charge in [0.15, 0.2) is 0 Å². The van der Waals surface area contributed by atoms with Crippen molar-refractivity contribution >= 4 is 0 Å². The van der Waals surface area contributed by atoms with E-state index in [1.165, 1.54) is 5.56 Å². The minimum atomic E-state index is -0.265. The Labute approximate surface area is 126 Å². The summed E-state index contributed by atoms with van der Waals surface area (Å²) in [5.41, 5.74) is 2.35. The summed E-state index contributed by atoms with van der Waals surface area (Å²) in [5.74, 6) is 0.871. The monoisotopic (exact) mass is 285 g/mol. The Kier molecular flexibility index (Phi) is 6.25. The van der Waals surface area contributed by atoms with Gasteiger partial charge in [0.05, 0.1) is 6.10 Å². The van der Waals surface area contributed by atoms with Crippen LogP contribution in [0.1, 0.15) is 24.5 Å². The van der Waals surface area contributed by atoms with Crippen molar-refractivity contribution in [3.63, 3.8) is 0 Å². The largest absolute Gasteiger partial charge is 0.489 e.